The third-order valence-electron chi connectivity index (χ3n) is 3.72. The summed E-state index contributed by atoms with van der Waals surface area (Å²) in [7, 11) is 0. The van der Waals surface area contributed by atoms with E-state index in [4.69, 9.17) is 9.15 Å². The predicted molar refractivity (Wildman–Crippen MR) is 74.1 cm³/mol. The second-order valence-corrected chi connectivity index (χ2v) is 5.21. The van der Waals surface area contributed by atoms with Gasteiger partial charge in [0.15, 0.2) is 0 Å². The lowest BCUT2D eigenvalue weighted by atomic mass is 9.91. The van der Waals surface area contributed by atoms with Gasteiger partial charge in [-0.25, -0.2) is 0 Å². The van der Waals surface area contributed by atoms with E-state index in [0.29, 0.717) is 12.0 Å². The van der Waals surface area contributed by atoms with Crippen molar-refractivity contribution in [2.75, 3.05) is 6.61 Å². The molecular formula is C16H19NO2. The highest BCUT2D eigenvalue weighted by Gasteiger charge is 2.29. The molecule has 0 spiro atoms. The van der Waals surface area contributed by atoms with Gasteiger partial charge in [-0.3, -0.25) is 0 Å². The number of furan rings is 1. The van der Waals surface area contributed by atoms with Crippen molar-refractivity contribution < 1.29 is 9.15 Å². The third-order valence-corrected chi connectivity index (χ3v) is 3.72. The zero-order valence-corrected chi connectivity index (χ0v) is 11.3. The van der Waals surface area contributed by atoms with E-state index >= 15 is 0 Å². The fourth-order valence-electron chi connectivity index (χ4n) is 2.64. The van der Waals surface area contributed by atoms with E-state index in [9.17, 15) is 0 Å². The minimum absolute atomic E-state index is 0.189. The highest BCUT2D eigenvalue weighted by atomic mass is 16.5. The van der Waals surface area contributed by atoms with Gasteiger partial charge in [-0.2, -0.15) is 0 Å². The molecule has 3 nitrogen and oxygen atoms in total. The van der Waals surface area contributed by atoms with Crippen LogP contribution in [0.4, 0.5) is 0 Å². The maximum atomic E-state index is 5.77. The summed E-state index contributed by atoms with van der Waals surface area (Å²) in [6, 6.07) is 12.7. The summed E-state index contributed by atoms with van der Waals surface area (Å²) in [4.78, 5) is 0. The van der Waals surface area contributed by atoms with Crippen LogP contribution in [0.1, 0.15) is 37.3 Å². The first-order chi connectivity index (χ1) is 9.25. The Morgan fingerprint density at radius 1 is 1.21 bits per heavy atom. The van der Waals surface area contributed by atoms with Gasteiger partial charge in [0.25, 0.3) is 0 Å². The van der Waals surface area contributed by atoms with Gasteiger partial charge in [0, 0.05) is 17.5 Å². The van der Waals surface area contributed by atoms with Gasteiger partial charge in [-0.15, -0.1) is 0 Å². The molecule has 3 rings (SSSR count). The smallest absolute Gasteiger partial charge is 0.124 e. The van der Waals surface area contributed by atoms with Crippen LogP contribution in [-0.2, 0) is 0 Å². The topological polar surface area (TPSA) is 34.4 Å². The van der Waals surface area contributed by atoms with Crippen LogP contribution in [0, 0.1) is 5.92 Å². The molecule has 1 N–H and O–H groups in total. The first kappa shape index (κ1) is 12.3. The average molecular weight is 257 g/mol. The molecule has 0 saturated heterocycles. The normalized spacial score (nSPS) is 23.5. The minimum atomic E-state index is 0.189. The highest BCUT2D eigenvalue weighted by molar-refractivity contribution is 5.38. The lowest BCUT2D eigenvalue weighted by molar-refractivity contribution is 0.179. The van der Waals surface area contributed by atoms with E-state index in [1.807, 2.05) is 24.3 Å². The van der Waals surface area contributed by atoms with Crippen LogP contribution in [0.5, 0.6) is 5.75 Å². The monoisotopic (exact) mass is 257 g/mol. The molecule has 1 aliphatic rings. The van der Waals surface area contributed by atoms with Gasteiger partial charge < -0.3 is 14.5 Å². The van der Waals surface area contributed by atoms with Crippen molar-refractivity contribution in [3.63, 3.8) is 0 Å². The van der Waals surface area contributed by atoms with Gasteiger partial charge in [-0.05, 0) is 25.1 Å². The average Bonchev–Trinajstić information content (AvgIpc) is 2.96. The van der Waals surface area contributed by atoms with Crippen molar-refractivity contribution in [3.8, 4) is 5.75 Å². The zero-order valence-electron chi connectivity index (χ0n) is 11.3. The van der Waals surface area contributed by atoms with Gasteiger partial charge in [0.2, 0.25) is 0 Å². The molecule has 19 heavy (non-hydrogen) atoms. The van der Waals surface area contributed by atoms with Gasteiger partial charge in [0.05, 0.1) is 18.9 Å². The second-order valence-electron chi connectivity index (χ2n) is 5.21. The van der Waals surface area contributed by atoms with Gasteiger partial charge in [-0.1, -0.05) is 25.1 Å². The van der Waals surface area contributed by atoms with Gasteiger partial charge >= 0.3 is 0 Å². The van der Waals surface area contributed by atoms with Crippen LogP contribution in [0.15, 0.2) is 47.1 Å². The number of hydrogen-bond acceptors (Lipinski definition) is 3. The highest BCUT2D eigenvalue weighted by Crippen LogP contribution is 2.36. The third kappa shape index (κ3) is 2.38. The van der Waals surface area contributed by atoms with Crippen LogP contribution < -0.4 is 10.1 Å². The molecule has 0 bridgehead atoms. The van der Waals surface area contributed by atoms with Gasteiger partial charge in [0.1, 0.15) is 11.5 Å². The van der Waals surface area contributed by atoms with Crippen LogP contribution in [0.3, 0.4) is 0 Å². The molecule has 100 valence electrons. The Morgan fingerprint density at radius 3 is 2.84 bits per heavy atom. The Bertz CT molecular complexity index is 535. The summed E-state index contributed by atoms with van der Waals surface area (Å²) >= 11 is 0. The van der Waals surface area contributed by atoms with Crippen LogP contribution >= 0.6 is 0 Å². The molecule has 0 saturated carbocycles. The van der Waals surface area contributed by atoms with Crippen molar-refractivity contribution in [2.24, 2.45) is 5.92 Å². The molecular weight excluding hydrogens is 238 g/mol. The SMILES string of the molecule is CC1COc2ccccc2C1N[C@H](C)c1ccco1. The number of ether oxygens (including phenoxy) is 1. The molecule has 3 heteroatoms. The molecule has 2 aromatic rings. The summed E-state index contributed by atoms with van der Waals surface area (Å²) in [6.45, 7) is 5.09. The molecule has 1 aromatic carbocycles. The Labute approximate surface area is 113 Å². The standard InChI is InChI=1S/C16H19NO2/c1-11-10-19-15-7-4-3-6-13(15)16(11)17-12(2)14-8-5-9-18-14/h3-9,11-12,16-17H,10H2,1-2H3/t11?,12-,16?/m1/s1. The predicted octanol–water partition coefficient (Wildman–Crippen LogP) is 3.70. The van der Waals surface area contributed by atoms with Crippen LogP contribution in [-0.4, -0.2) is 6.61 Å². The first-order valence-electron chi connectivity index (χ1n) is 6.77. The molecule has 0 amide bonds. The molecule has 0 fully saturated rings. The minimum Gasteiger partial charge on any atom is -0.493 e. The van der Waals surface area contributed by atoms with E-state index in [2.05, 4.69) is 31.3 Å². The van der Waals surface area contributed by atoms with Crippen molar-refractivity contribution in [2.45, 2.75) is 25.9 Å². The van der Waals surface area contributed by atoms with Crippen LogP contribution in [0.2, 0.25) is 0 Å². The van der Waals surface area contributed by atoms with E-state index in [1.165, 1.54) is 5.56 Å². The molecule has 1 aromatic heterocycles. The second kappa shape index (κ2) is 5.10. The molecule has 1 aliphatic heterocycles. The lowest BCUT2D eigenvalue weighted by Gasteiger charge is -2.33. The van der Waals surface area contributed by atoms with Crippen molar-refractivity contribution in [3.05, 3.63) is 54.0 Å². The van der Waals surface area contributed by atoms with Crippen molar-refractivity contribution >= 4 is 0 Å². The lowest BCUT2D eigenvalue weighted by Crippen LogP contribution is -2.35. The maximum Gasteiger partial charge on any atom is 0.124 e. The molecule has 2 unspecified atom stereocenters. The molecule has 2 heterocycles. The fraction of sp³-hybridized carbons (Fsp3) is 0.375. The molecule has 3 atom stereocenters. The van der Waals surface area contributed by atoms with Crippen molar-refractivity contribution in [1.82, 2.24) is 5.32 Å². The number of hydrogen-bond donors (Lipinski definition) is 1. The Kier molecular flexibility index (Phi) is 3.30. The van der Waals surface area contributed by atoms with E-state index in [-0.39, 0.29) is 6.04 Å². The van der Waals surface area contributed by atoms with E-state index < -0.39 is 0 Å². The summed E-state index contributed by atoms with van der Waals surface area (Å²) < 4.78 is 11.2. The summed E-state index contributed by atoms with van der Waals surface area (Å²) in [6.07, 6.45) is 1.72. The molecule has 0 aliphatic carbocycles. The summed E-state index contributed by atoms with van der Waals surface area (Å²) in [5, 5.41) is 3.65. The number of benzene rings is 1. The molecule has 0 radical (unpaired) electrons. The van der Waals surface area contributed by atoms with Crippen LogP contribution in [0.25, 0.3) is 0 Å². The summed E-state index contributed by atoms with van der Waals surface area (Å²) in [5.41, 5.74) is 1.24. The Balaban J connectivity index is 1.84. The number of fused-ring (bicyclic) bond motifs is 1. The summed E-state index contributed by atoms with van der Waals surface area (Å²) in [5.74, 6) is 2.40. The quantitative estimate of drug-likeness (QED) is 0.910. The number of rotatable bonds is 3. The Hall–Kier alpha value is -1.74. The largest absolute Gasteiger partial charge is 0.493 e. The first-order valence-corrected chi connectivity index (χ1v) is 6.77. The number of nitrogens with one attached hydrogen (secondary N) is 1. The fourth-order valence-corrected chi connectivity index (χ4v) is 2.64. The zero-order chi connectivity index (χ0) is 13.2. The van der Waals surface area contributed by atoms with Crippen molar-refractivity contribution in [1.29, 1.82) is 0 Å². The van der Waals surface area contributed by atoms with E-state index in [1.54, 1.807) is 6.26 Å². The van der Waals surface area contributed by atoms with E-state index in [0.717, 1.165) is 18.1 Å². The maximum absolute atomic E-state index is 5.77. The number of para-hydroxylation sites is 1. The Morgan fingerprint density at radius 2 is 2.05 bits per heavy atom.